The average molecular weight is 479 g/mol. The standard InChI is InChI=1S/C28H34N2O5/c31-26(24-16-8-3-9-17-24)29-18-10-11-19-30(29)28(33)35-25(20-22-12-4-1-5-13-22)27(32)34-21-23-14-6-2-7-15-23/h1-2,4-7,12-15,24-25H,3,8-11,16-21H2/t25-/m0/s1. The number of carbonyl (C=O) groups excluding carboxylic acids is 3. The van der Waals surface area contributed by atoms with Crippen molar-refractivity contribution in [2.45, 2.75) is 64.1 Å². The van der Waals surface area contributed by atoms with Crippen LogP contribution in [0.4, 0.5) is 4.79 Å². The second-order valence-corrected chi connectivity index (χ2v) is 9.28. The minimum absolute atomic E-state index is 0.00684. The third-order valence-corrected chi connectivity index (χ3v) is 6.69. The minimum atomic E-state index is -1.11. The van der Waals surface area contributed by atoms with Crippen LogP contribution in [0.1, 0.15) is 56.1 Å². The molecular weight excluding hydrogens is 444 g/mol. The fraction of sp³-hybridized carbons (Fsp3) is 0.464. The first-order chi connectivity index (χ1) is 17.1. The lowest BCUT2D eigenvalue weighted by atomic mass is 9.88. The van der Waals surface area contributed by atoms with Crippen LogP contribution in [-0.4, -0.2) is 47.2 Å². The first kappa shape index (κ1) is 24.8. The number of ether oxygens (including phenoxy) is 2. The van der Waals surface area contributed by atoms with Crippen molar-refractivity contribution in [1.29, 1.82) is 0 Å². The fourth-order valence-corrected chi connectivity index (χ4v) is 4.75. The van der Waals surface area contributed by atoms with E-state index in [1.165, 1.54) is 5.01 Å². The van der Waals surface area contributed by atoms with Gasteiger partial charge in [0.1, 0.15) is 6.61 Å². The predicted octanol–water partition coefficient (Wildman–Crippen LogP) is 4.90. The van der Waals surface area contributed by atoms with Crippen molar-refractivity contribution in [3.8, 4) is 0 Å². The van der Waals surface area contributed by atoms with E-state index in [1.807, 2.05) is 60.7 Å². The highest BCUT2D eigenvalue weighted by Crippen LogP contribution is 2.27. The van der Waals surface area contributed by atoms with Gasteiger partial charge in [-0.25, -0.2) is 19.6 Å². The molecule has 2 amide bonds. The molecule has 0 N–H and O–H groups in total. The van der Waals surface area contributed by atoms with Crippen LogP contribution < -0.4 is 0 Å². The fourth-order valence-electron chi connectivity index (χ4n) is 4.75. The van der Waals surface area contributed by atoms with Gasteiger partial charge < -0.3 is 9.47 Å². The second kappa shape index (κ2) is 12.4. The van der Waals surface area contributed by atoms with Crippen molar-refractivity contribution >= 4 is 18.0 Å². The van der Waals surface area contributed by atoms with Gasteiger partial charge in [0.25, 0.3) is 0 Å². The Labute approximate surface area is 207 Å². The van der Waals surface area contributed by atoms with Gasteiger partial charge in [0.15, 0.2) is 0 Å². The molecule has 1 atom stereocenters. The molecule has 2 fully saturated rings. The van der Waals surface area contributed by atoms with E-state index < -0.39 is 18.2 Å². The van der Waals surface area contributed by atoms with E-state index >= 15 is 0 Å². The summed E-state index contributed by atoms with van der Waals surface area (Å²) in [6, 6.07) is 18.8. The lowest BCUT2D eigenvalue weighted by Crippen LogP contribution is -2.56. The van der Waals surface area contributed by atoms with Gasteiger partial charge in [-0.2, -0.15) is 0 Å². The summed E-state index contributed by atoms with van der Waals surface area (Å²) in [6.45, 7) is 0.985. The molecule has 186 valence electrons. The molecule has 1 saturated heterocycles. The molecule has 1 heterocycles. The van der Waals surface area contributed by atoms with E-state index in [4.69, 9.17) is 9.47 Å². The number of benzene rings is 2. The van der Waals surface area contributed by atoms with Crippen LogP contribution in [0.25, 0.3) is 0 Å². The molecule has 0 bridgehead atoms. The maximum Gasteiger partial charge on any atom is 0.429 e. The van der Waals surface area contributed by atoms with Crippen LogP contribution in [0.2, 0.25) is 0 Å². The van der Waals surface area contributed by atoms with Crippen LogP contribution in [-0.2, 0) is 32.1 Å². The Bertz CT molecular complexity index is 975. The van der Waals surface area contributed by atoms with Gasteiger partial charge in [-0.05, 0) is 36.8 Å². The van der Waals surface area contributed by atoms with Crippen molar-refractivity contribution in [1.82, 2.24) is 10.0 Å². The Morgan fingerprint density at radius 2 is 1.37 bits per heavy atom. The third-order valence-electron chi connectivity index (χ3n) is 6.69. The summed E-state index contributed by atoms with van der Waals surface area (Å²) in [5.74, 6) is -0.658. The molecule has 7 heteroatoms. The SMILES string of the molecule is O=C(OCc1ccccc1)[C@H](Cc1ccccc1)OC(=O)N1CCCCN1C(=O)C1CCCCC1. The van der Waals surface area contributed by atoms with Gasteiger partial charge in [0, 0.05) is 25.4 Å². The monoisotopic (exact) mass is 478 g/mol. The van der Waals surface area contributed by atoms with Crippen LogP contribution in [0.3, 0.4) is 0 Å². The Hall–Kier alpha value is -3.35. The summed E-state index contributed by atoms with van der Waals surface area (Å²) in [5, 5.41) is 2.94. The molecular formula is C28H34N2O5. The van der Waals surface area contributed by atoms with E-state index in [0.717, 1.165) is 56.1 Å². The second-order valence-electron chi connectivity index (χ2n) is 9.28. The van der Waals surface area contributed by atoms with Gasteiger partial charge in [-0.3, -0.25) is 4.79 Å². The molecule has 35 heavy (non-hydrogen) atoms. The highest BCUT2D eigenvalue weighted by Gasteiger charge is 2.36. The zero-order valence-electron chi connectivity index (χ0n) is 20.1. The summed E-state index contributed by atoms with van der Waals surface area (Å²) in [6.07, 6.45) is 5.00. The summed E-state index contributed by atoms with van der Waals surface area (Å²) < 4.78 is 11.2. The van der Waals surface area contributed by atoms with Crippen LogP contribution in [0.15, 0.2) is 60.7 Å². The molecule has 0 aromatic heterocycles. The minimum Gasteiger partial charge on any atom is -0.458 e. The normalized spacial score (nSPS) is 17.5. The highest BCUT2D eigenvalue weighted by molar-refractivity contribution is 5.83. The topological polar surface area (TPSA) is 76.2 Å². The maximum absolute atomic E-state index is 13.3. The summed E-state index contributed by atoms with van der Waals surface area (Å²) in [4.78, 5) is 39.5. The number of rotatable bonds is 7. The largest absolute Gasteiger partial charge is 0.458 e. The van der Waals surface area contributed by atoms with Crippen LogP contribution in [0.5, 0.6) is 0 Å². The molecule has 1 saturated carbocycles. The summed E-state index contributed by atoms with van der Waals surface area (Å²) in [5.41, 5.74) is 1.71. The molecule has 1 aliphatic heterocycles. The smallest absolute Gasteiger partial charge is 0.429 e. The number of hydrazine groups is 1. The van der Waals surface area contributed by atoms with Gasteiger partial charge in [-0.15, -0.1) is 0 Å². The molecule has 0 unspecified atom stereocenters. The molecule has 4 rings (SSSR count). The molecule has 7 nitrogen and oxygen atoms in total. The number of hydrogen-bond acceptors (Lipinski definition) is 5. The van der Waals surface area contributed by atoms with E-state index in [9.17, 15) is 14.4 Å². The first-order valence-corrected chi connectivity index (χ1v) is 12.7. The van der Waals surface area contributed by atoms with Gasteiger partial charge in [-0.1, -0.05) is 79.9 Å². The van der Waals surface area contributed by atoms with Gasteiger partial charge in [0.05, 0.1) is 0 Å². The van der Waals surface area contributed by atoms with Crippen molar-refractivity contribution in [2.75, 3.05) is 13.1 Å². The Kier molecular flexibility index (Phi) is 8.76. The number of hydrogen-bond donors (Lipinski definition) is 0. The zero-order chi connectivity index (χ0) is 24.5. The average Bonchev–Trinajstić information content (AvgIpc) is 2.92. The van der Waals surface area contributed by atoms with E-state index in [2.05, 4.69) is 0 Å². The van der Waals surface area contributed by atoms with Gasteiger partial charge >= 0.3 is 12.1 Å². The van der Waals surface area contributed by atoms with E-state index in [0.29, 0.717) is 13.1 Å². The maximum atomic E-state index is 13.3. The Morgan fingerprint density at radius 3 is 2.03 bits per heavy atom. The number of carbonyl (C=O) groups is 3. The molecule has 2 aromatic rings. The van der Waals surface area contributed by atoms with Crippen molar-refractivity contribution in [3.05, 3.63) is 71.8 Å². The number of amides is 2. The lowest BCUT2D eigenvalue weighted by molar-refractivity contribution is -0.161. The van der Waals surface area contributed by atoms with E-state index in [1.54, 1.807) is 5.01 Å². The molecule has 2 aromatic carbocycles. The number of esters is 1. The van der Waals surface area contributed by atoms with Crippen LogP contribution in [0, 0.1) is 5.92 Å². The van der Waals surface area contributed by atoms with Gasteiger partial charge in [0.2, 0.25) is 12.0 Å². The number of nitrogens with zero attached hydrogens (tertiary/aromatic N) is 2. The van der Waals surface area contributed by atoms with Crippen molar-refractivity contribution < 1.29 is 23.9 Å². The Morgan fingerprint density at radius 1 is 0.771 bits per heavy atom. The molecule has 0 spiro atoms. The quantitative estimate of drug-likeness (QED) is 0.529. The highest BCUT2D eigenvalue weighted by atomic mass is 16.6. The molecule has 0 radical (unpaired) electrons. The first-order valence-electron chi connectivity index (χ1n) is 12.7. The summed E-state index contributed by atoms with van der Waals surface area (Å²) >= 11 is 0. The summed E-state index contributed by atoms with van der Waals surface area (Å²) in [7, 11) is 0. The van der Waals surface area contributed by atoms with E-state index in [-0.39, 0.29) is 24.9 Å². The van der Waals surface area contributed by atoms with Crippen molar-refractivity contribution in [3.63, 3.8) is 0 Å². The lowest BCUT2D eigenvalue weighted by Gasteiger charge is -2.40. The predicted molar refractivity (Wildman–Crippen MR) is 131 cm³/mol. The van der Waals surface area contributed by atoms with Crippen molar-refractivity contribution in [2.24, 2.45) is 5.92 Å². The molecule has 1 aliphatic carbocycles. The van der Waals surface area contributed by atoms with Crippen LogP contribution >= 0.6 is 0 Å². The third kappa shape index (κ3) is 6.84. The Balaban J connectivity index is 1.45. The zero-order valence-corrected chi connectivity index (χ0v) is 20.1. The molecule has 2 aliphatic rings.